The third kappa shape index (κ3) is 10.8. The van der Waals surface area contributed by atoms with E-state index in [-0.39, 0.29) is 0 Å². The number of carboxylic acids is 1. The molecule has 0 aromatic rings. The predicted molar refractivity (Wildman–Crippen MR) is 115 cm³/mol. The second-order valence-electron chi connectivity index (χ2n) is 7.03. The molecule has 0 rings (SSSR count). The Hall–Kier alpha value is -1.89. The first-order valence-corrected chi connectivity index (χ1v) is 11.2. The molecule has 0 spiro atoms. The summed E-state index contributed by atoms with van der Waals surface area (Å²) in [7, 11) is 0. The number of unbranched alkanes of at least 4 members (excludes halogenated alkanes) is 1. The van der Waals surface area contributed by atoms with Crippen molar-refractivity contribution in [3.63, 3.8) is 0 Å². The highest BCUT2D eigenvalue weighted by Crippen LogP contribution is 2.04. The highest BCUT2D eigenvalue weighted by atomic mass is 32.2. The molecule has 30 heavy (non-hydrogen) atoms. The fraction of sp³-hybridized carbons (Fsp3) is 0.778. The number of thioether (sulfide) groups is 1. The van der Waals surface area contributed by atoms with Gasteiger partial charge in [0.05, 0.1) is 12.1 Å². The van der Waals surface area contributed by atoms with Gasteiger partial charge in [0.15, 0.2) is 6.04 Å². The Labute approximate surface area is 181 Å². The summed E-state index contributed by atoms with van der Waals surface area (Å²) in [6, 6.07) is -4.26. The number of aliphatic hydroxyl groups excluding tert-OH is 1. The summed E-state index contributed by atoms with van der Waals surface area (Å²) < 4.78 is 0. The van der Waals surface area contributed by atoms with Crippen LogP contribution in [0.15, 0.2) is 0 Å². The first kappa shape index (κ1) is 28.1. The van der Waals surface area contributed by atoms with Gasteiger partial charge in [0.25, 0.3) is 0 Å². The molecule has 0 saturated carbocycles. The van der Waals surface area contributed by atoms with Crippen LogP contribution in [-0.2, 0) is 19.2 Å². The first-order valence-electron chi connectivity index (χ1n) is 9.81. The molecule has 0 aromatic carbocycles. The van der Waals surface area contributed by atoms with Crippen molar-refractivity contribution >= 4 is 35.5 Å². The Bertz CT molecular complexity index is 577. The number of aliphatic hydroxyl groups is 1. The molecule has 0 aromatic heterocycles. The van der Waals surface area contributed by atoms with E-state index in [4.69, 9.17) is 16.6 Å². The van der Waals surface area contributed by atoms with Crippen LogP contribution in [0.1, 0.15) is 39.5 Å². The molecule has 0 fully saturated rings. The SMILES string of the molecule is CSCCC(N)C(=O)NC(CCCCN)C(=O)NC(C)C(=O)NC(C(=O)O)C(C)O. The van der Waals surface area contributed by atoms with Gasteiger partial charge < -0.3 is 37.6 Å². The van der Waals surface area contributed by atoms with E-state index < -0.39 is 54.0 Å². The number of rotatable bonds is 15. The topological polar surface area (TPSA) is 197 Å². The van der Waals surface area contributed by atoms with Gasteiger partial charge in [-0.25, -0.2) is 4.79 Å². The molecular weight excluding hydrogens is 414 g/mol. The Kier molecular flexibility index (Phi) is 14.0. The molecule has 12 heteroatoms. The monoisotopic (exact) mass is 449 g/mol. The molecule has 3 amide bonds. The lowest BCUT2D eigenvalue weighted by Crippen LogP contribution is -2.57. The van der Waals surface area contributed by atoms with Crippen molar-refractivity contribution in [2.45, 2.75) is 69.8 Å². The minimum Gasteiger partial charge on any atom is -0.480 e. The Balaban J connectivity index is 5.01. The summed E-state index contributed by atoms with van der Waals surface area (Å²) in [6.07, 6.45) is 2.58. The number of nitrogens with two attached hydrogens (primary N) is 2. The van der Waals surface area contributed by atoms with Crippen molar-refractivity contribution < 1.29 is 29.4 Å². The van der Waals surface area contributed by atoms with Crippen molar-refractivity contribution in [1.82, 2.24) is 16.0 Å². The van der Waals surface area contributed by atoms with Gasteiger partial charge in [0.2, 0.25) is 17.7 Å². The maximum absolute atomic E-state index is 12.6. The van der Waals surface area contributed by atoms with E-state index in [1.54, 1.807) is 11.8 Å². The number of carbonyl (C=O) groups is 4. The zero-order valence-corrected chi connectivity index (χ0v) is 18.5. The van der Waals surface area contributed by atoms with Gasteiger partial charge in [-0.3, -0.25) is 14.4 Å². The molecular formula is C18H35N5O6S. The van der Waals surface area contributed by atoms with E-state index in [1.807, 2.05) is 6.26 Å². The highest BCUT2D eigenvalue weighted by molar-refractivity contribution is 7.98. The van der Waals surface area contributed by atoms with Crippen molar-refractivity contribution in [3.8, 4) is 0 Å². The number of carbonyl (C=O) groups excluding carboxylic acids is 3. The maximum atomic E-state index is 12.6. The van der Waals surface area contributed by atoms with Crippen LogP contribution in [0.25, 0.3) is 0 Å². The smallest absolute Gasteiger partial charge is 0.328 e. The zero-order valence-electron chi connectivity index (χ0n) is 17.7. The van der Waals surface area contributed by atoms with Gasteiger partial charge in [0, 0.05) is 0 Å². The lowest BCUT2D eigenvalue weighted by molar-refractivity contribution is -0.145. The minimum atomic E-state index is -1.51. The van der Waals surface area contributed by atoms with Gasteiger partial charge in [-0.1, -0.05) is 0 Å². The Morgan fingerprint density at radius 1 is 0.967 bits per heavy atom. The van der Waals surface area contributed by atoms with E-state index in [2.05, 4.69) is 16.0 Å². The average Bonchev–Trinajstić information content (AvgIpc) is 2.68. The van der Waals surface area contributed by atoms with Crippen molar-refractivity contribution in [2.75, 3.05) is 18.6 Å². The molecule has 11 nitrogen and oxygen atoms in total. The molecule has 0 bridgehead atoms. The lowest BCUT2D eigenvalue weighted by Gasteiger charge is -2.24. The summed E-state index contributed by atoms with van der Waals surface area (Å²) in [4.78, 5) is 48.2. The molecule has 5 atom stereocenters. The number of aliphatic carboxylic acids is 1. The number of carboxylic acid groups (broad SMARTS) is 1. The molecule has 9 N–H and O–H groups in total. The van der Waals surface area contributed by atoms with Crippen LogP contribution in [0.4, 0.5) is 0 Å². The van der Waals surface area contributed by atoms with Gasteiger partial charge in [-0.15, -0.1) is 0 Å². The summed E-state index contributed by atoms with van der Waals surface area (Å²) in [5, 5.41) is 25.7. The fourth-order valence-electron chi connectivity index (χ4n) is 2.46. The number of amides is 3. The molecule has 0 aliphatic rings. The van der Waals surface area contributed by atoms with E-state index in [0.717, 1.165) is 0 Å². The summed E-state index contributed by atoms with van der Waals surface area (Å²) in [5.41, 5.74) is 11.3. The van der Waals surface area contributed by atoms with Gasteiger partial charge in [0.1, 0.15) is 12.1 Å². The van der Waals surface area contributed by atoms with Crippen LogP contribution in [0.2, 0.25) is 0 Å². The average molecular weight is 450 g/mol. The minimum absolute atomic E-state index is 0.309. The second-order valence-corrected chi connectivity index (χ2v) is 8.01. The normalized spacial score (nSPS) is 15.9. The molecule has 0 aliphatic heterocycles. The largest absolute Gasteiger partial charge is 0.480 e. The number of hydrogen-bond acceptors (Lipinski definition) is 8. The highest BCUT2D eigenvalue weighted by Gasteiger charge is 2.29. The van der Waals surface area contributed by atoms with E-state index in [1.165, 1.54) is 13.8 Å². The first-order chi connectivity index (χ1) is 14.0. The van der Waals surface area contributed by atoms with Crippen LogP contribution in [-0.4, -0.2) is 82.7 Å². The zero-order chi connectivity index (χ0) is 23.3. The Morgan fingerprint density at radius 3 is 2.10 bits per heavy atom. The predicted octanol–water partition coefficient (Wildman–Crippen LogP) is -1.86. The fourth-order valence-corrected chi connectivity index (χ4v) is 2.95. The molecule has 0 saturated heterocycles. The quantitative estimate of drug-likeness (QED) is 0.140. The van der Waals surface area contributed by atoms with Crippen LogP contribution < -0.4 is 27.4 Å². The summed E-state index contributed by atoms with van der Waals surface area (Å²) in [5.74, 6) is -2.54. The van der Waals surface area contributed by atoms with Crippen LogP contribution in [0, 0.1) is 0 Å². The molecule has 0 aliphatic carbocycles. The second kappa shape index (κ2) is 15.0. The Morgan fingerprint density at radius 2 is 1.60 bits per heavy atom. The molecule has 0 radical (unpaired) electrons. The van der Waals surface area contributed by atoms with Crippen molar-refractivity contribution in [3.05, 3.63) is 0 Å². The molecule has 174 valence electrons. The van der Waals surface area contributed by atoms with Gasteiger partial charge in [-0.05, 0) is 58.1 Å². The standard InChI is InChI=1S/C18H35N5O6S/c1-10(15(25)23-14(11(2)24)18(28)29)21-17(27)13(6-4-5-8-19)22-16(26)12(20)7-9-30-3/h10-14,24H,4-9,19-20H2,1-3H3,(H,21,27)(H,22,26)(H,23,25)(H,28,29). The van der Waals surface area contributed by atoms with Crippen LogP contribution in [0.3, 0.4) is 0 Å². The lowest BCUT2D eigenvalue weighted by atomic mass is 10.1. The van der Waals surface area contributed by atoms with Crippen molar-refractivity contribution in [1.29, 1.82) is 0 Å². The summed E-state index contributed by atoms with van der Waals surface area (Å²) in [6.45, 7) is 3.03. The van der Waals surface area contributed by atoms with Gasteiger partial charge >= 0.3 is 5.97 Å². The van der Waals surface area contributed by atoms with Gasteiger partial charge in [-0.2, -0.15) is 11.8 Å². The van der Waals surface area contributed by atoms with E-state index in [0.29, 0.717) is 38.0 Å². The number of hydrogen-bond donors (Lipinski definition) is 7. The molecule has 0 heterocycles. The summed E-state index contributed by atoms with van der Waals surface area (Å²) >= 11 is 1.55. The third-order valence-corrected chi connectivity index (χ3v) is 4.99. The van der Waals surface area contributed by atoms with Crippen molar-refractivity contribution in [2.24, 2.45) is 11.5 Å². The maximum Gasteiger partial charge on any atom is 0.328 e. The third-order valence-electron chi connectivity index (χ3n) is 4.35. The molecule has 5 unspecified atom stereocenters. The van der Waals surface area contributed by atoms with E-state index >= 15 is 0 Å². The van der Waals surface area contributed by atoms with Crippen LogP contribution >= 0.6 is 11.8 Å². The van der Waals surface area contributed by atoms with Crippen LogP contribution in [0.5, 0.6) is 0 Å². The van der Waals surface area contributed by atoms with E-state index in [9.17, 15) is 24.3 Å². The number of nitrogens with one attached hydrogen (secondary N) is 3.